The summed E-state index contributed by atoms with van der Waals surface area (Å²) in [5.41, 5.74) is 0. The van der Waals surface area contributed by atoms with Gasteiger partial charge < -0.3 is 4.74 Å². The second-order valence-corrected chi connectivity index (χ2v) is 5.96. The predicted octanol–water partition coefficient (Wildman–Crippen LogP) is 2.25. The van der Waals surface area contributed by atoms with Gasteiger partial charge in [-0.25, -0.2) is 17.2 Å². The zero-order chi connectivity index (χ0) is 12.8. The summed E-state index contributed by atoms with van der Waals surface area (Å²) in [5, 5.41) is 0. The van der Waals surface area contributed by atoms with Gasteiger partial charge in [0.2, 0.25) is 9.05 Å². The Morgan fingerprint density at radius 2 is 1.81 bits per heavy atom. The van der Waals surface area contributed by atoms with Crippen LogP contribution in [0.25, 0.3) is 0 Å². The van der Waals surface area contributed by atoms with E-state index in [1.807, 2.05) is 0 Å². The van der Waals surface area contributed by atoms with Gasteiger partial charge in [0.05, 0.1) is 5.75 Å². The molecule has 0 rings (SSSR count). The number of alkyl halides is 4. The lowest BCUT2D eigenvalue weighted by molar-refractivity contribution is -0.165. The van der Waals surface area contributed by atoms with Crippen LogP contribution in [0.15, 0.2) is 0 Å². The zero-order valence-corrected chi connectivity index (χ0v) is 9.71. The molecule has 0 aliphatic heterocycles. The van der Waals surface area contributed by atoms with Gasteiger partial charge in [0, 0.05) is 17.3 Å². The van der Waals surface area contributed by atoms with E-state index in [4.69, 9.17) is 10.7 Å². The number of hydrogen-bond acceptors (Lipinski definition) is 3. The van der Waals surface area contributed by atoms with Gasteiger partial charge in [0.25, 0.3) is 0 Å². The molecule has 0 radical (unpaired) electrons. The number of ether oxygens (including phenoxy) is 1. The third-order valence-electron chi connectivity index (χ3n) is 1.54. The van der Waals surface area contributed by atoms with Gasteiger partial charge in [0.1, 0.15) is 6.61 Å². The van der Waals surface area contributed by atoms with Gasteiger partial charge in [-0.05, 0) is 12.8 Å². The van der Waals surface area contributed by atoms with E-state index in [2.05, 4.69) is 4.74 Å². The SMILES string of the molecule is O=S(=O)(Cl)CCCCOCC(F)(F)C(F)F. The first-order valence-electron chi connectivity index (χ1n) is 4.31. The van der Waals surface area contributed by atoms with E-state index in [-0.39, 0.29) is 25.2 Å². The molecule has 0 N–H and O–H groups in total. The molecule has 0 fully saturated rings. The zero-order valence-electron chi connectivity index (χ0n) is 8.14. The highest BCUT2D eigenvalue weighted by Crippen LogP contribution is 2.22. The van der Waals surface area contributed by atoms with Crippen molar-refractivity contribution in [1.82, 2.24) is 0 Å². The molecular formula is C7H11ClF4O3S. The standard InChI is InChI=1S/C7H11ClF4O3S/c8-16(13,14)4-2-1-3-15-5-7(11,12)6(9)10/h6H,1-5H2. The second kappa shape index (κ2) is 6.61. The Bertz CT molecular complexity index is 294. The van der Waals surface area contributed by atoms with Crippen molar-refractivity contribution < 1.29 is 30.7 Å². The van der Waals surface area contributed by atoms with E-state index in [0.29, 0.717) is 0 Å². The summed E-state index contributed by atoms with van der Waals surface area (Å²) in [4.78, 5) is 0. The summed E-state index contributed by atoms with van der Waals surface area (Å²) in [5.74, 6) is -4.47. The van der Waals surface area contributed by atoms with Gasteiger partial charge in [-0.3, -0.25) is 0 Å². The Morgan fingerprint density at radius 3 is 2.25 bits per heavy atom. The molecule has 0 amide bonds. The summed E-state index contributed by atoms with van der Waals surface area (Å²) in [7, 11) is 1.27. The van der Waals surface area contributed by atoms with Crippen LogP contribution in [-0.4, -0.2) is 39.7 Å². The van der Waals surface area contributed by atoms with Crippen molar-refractivity contribution in [3.8, 4) is 0 Å². The average Bonchev–Trinajstić information content (AvgIpc) is 2.09. The van der Waals surface area contributed by atoms with Crippen molar-refractivity contribution in [1.29, 1.82) is 0 Å². The summed E-state index contributed by atoms with van der Waals surface area (Å²) in [6.45, 7) is -1.59. The first-order chi connectivity index (χ1) is 7.15. The molecule has 0 aromatic carbocycles. The molecule has 0 heterocycles. The van der Waals surface area contributed by atoms with E-state index in [9.17, 15) is 26.0 Å². The summed E-state index contributed by atoms with van der Waals surface area (Å²) < 4.78 is 72.9. The molecule has 0 spiro atoms. The third-order valence-corrected chi connectivity index (χ3v) is 2.78. The minimum absolute atomic E-state index is 0.131. The normalized spacial score (nSPS) is 13.4. The number of hydrogen-bond donors (Lipinski definition) is 0. The smallest absolute Gasteiger partial charge is 0.330 e. The highest BCUT2D eigenvalue weighted by Gasteiger charge is 2.40. The summed E-state index contributed by atoms with van der Waals surface area (Å²) >= 11 is 0. The maximum atomic E-state index is 12.3. The minimum Gasteiger partial charge on any atom is -0.375 e. The van der Waals surface area contributed by atoms with Crippen LogP contribution in [0.2, 0.25) is 0 Å². The molecule has 98 valence electrons. The Hall–Kier alpha value is -0.0800. The van der Waals surface area contributed by atoms with Crippen molar-refractivity contribution in [3.05, 3.63) is 0 Å². The lowest BCUT2D eigenvalue weighted by atomic mass is 10.3. The Balaban J connectivity index is 3.55. The molecule has 0 saturated carbocycles. The lowest BCUT2D eigenvalue weighted by Crippen LogP contribution is -2.32. The average molecular weight is 287 g/mol. The fraction of sp³-hybridized carbons (Fsp3) is 1.00. The van der Waals surface area contributed by atoms with Gasteiger partial charge in [-0.2, -0.15) is 8.78 Å². The van der Waals surface area contributed by atoms with Gasteiger partial charge >= 0.3 is 12.3 Å². The Morgan fingerprint density at radius 1 is 1.25 bits per heavy atom. The molecule has 0 saturated heterocycles. The van der Waals surface area contributed by atoms with Crippen LogP contribution in [0.4, 0.5) is 17.6 Å². The summed E-state index contributed by atoms with van der Waals surface area (Å²) in [6.07, 6.45) is -3.48. The van der Waals surface area contributed by atoms with Crippen LogP contribution in [0.5, 0.6) is 0 Å². The summed E-state index contributed by atoms with van der Waals surface area (Å²) in [6, 6.07) is 0. The maximum absolute atomic E-state index is 12.3. The highest BCUT2D eigenvalue weighted by molar-refractivity contribution is 8.13. The van der Waals surface area contributed by atoms with Crippen molar-refractivity contribution in [2.75, 3.05) is 19.0 Å². The molecule has 16 heavy (non-hydrogen) atoms. The molecule has 3 nitrogen and oxygen atoms in total. The van der Waals surface area contributed by atoms with Crippen molar-refractivity contribution in [2.45, 2.75) is 25.2 Å². The molecule has 0 bridgehead atoms. The van der Waals surface area contributed by atoms with Gasteiger partial charge in [-0.15, -0.1) is 0 Å². The van der Waals surface area contributed by atoms with Crippen molar-refractivity contribution in [2.24, 2.45) is 0 Å². The fourth-order valence-electron chi connectivity index (χ4n) is 0.750. The minimum atomic E-state index is -4.17. The van der Waals surface area contributed by atoms with E-state index in [0.717, 1.165) is 0 Å². The first-order valence-corrected chi connectivity index (χ1v) is 6.79. The predicted molar refractivity (Wildman–Crippen MR) is 50.6 cm³/mol. The molecule has 0 aliphatic carbocycles. The quantitative estimate of drug-likeness (QED) is 0.390. The topological polar surface area (TPSA) is 43.4 Å². The van der Waals surface area contributed by atoms with Crippen LogP contribution in [0, 0.1) is 0 Å². The largest absolute Gasteiger partial charge is 0.375 e. The maximum Gasteiger partial charge on any atom is 0.330 e. The molecular weight excluding hydrogens is 276 g/mol. The van der Waals surface area contributed by atoms with Crippen LogP contribution in [0.3, 0.4) is 0 Å². The second-order valence-electron chi connectivity index (χ2n) is 3.06. The Labute approximate surface area is 95.1 Å². The van der Waals surface area contributed by atoms with E-state index in [1.54, 1.807) is 0 Å². The number of unbranched alkanes of at least 4 members (excludes halogenated alkanes) is 1. The van der Waals surface area contributed by atoms with Crippen LogP contribution < -0.4 is 0 Å². The number of rotatable bonds is 8. The molecule has 0 aromatic heterocycles. The van der Waals surface area contributed by atoms with Crippen LogP contribution in [-0.2, 0) is 13.8 Å². The van der Waals surface area contributed by atoms with E-state index in [1.165, 1.54) is 0 Å². The first kappa shape index (κ1) is 15.9. The molecule has 0 aliphatic rings. The number of halogens is 5. The molecule has 0 atom stereocenters. The lowest BCUT2D eigenvalue weighted by Gasteiger charge is -2.14. The van der Waals surface area contributed by atoms with Crippen LogP contribution in [0.1, 0.15) is 12.8 Å². The van der Waals surface area contributed by atoms with Crippen molar-refractivity contribution in [3.63, 3.8) is 0 Å². The molecule has 0 unspecified atom stereocenters. The third kappa shape index (κ3) is 8.12. The fourth-order valence-corrected chi connectivity index (χ4v) is 1.63. The van der Waals surface area contributed by atoms with Gasteiger partial charge in [0.15, 0.2) is 0 Å². The van der Waals surface area contributed by atoms with E-state index < -0.39 is 28.0 Å². The van der Waals surface area contributed by atoms with Crippen LogP contribution >= 0.6 is 10.7 Å². The monoisotopic (exact) mass is 286 g/mol. The molecule has 9 heteroatoms. The Kier molecular flexibility index (Phi) is 6.57. The highest BCUT2D eigenvalue weighted by atomic mass is 35.7. The van der Waals surface area contributed by atoms with Gasteiger partial charge in [-0.1, -0.05) is 0 Å². The van der Waals surface area contributed by atoms with Crippen molar-refractivity contribution >= 4 is 19.7 Å². The van der Waals surface area contributed by atoms with E-state index >= 15 is 0 Å². The molecule has 0 aromatic rings.